The molecule has 1 spiro atoms. The van der Waals surface area contributed by atoms with Crippen LogP contribution in [0, 0.1) is 6.92 Å². The fraction of sp³-hybridized carbons (Fsp3) is 0.435. The molecular weight excluding hydrogens is 416 g/mol. The zero-order valence-electron chi connectivity index (χ0n) is 17.5. The number of pyridine rings is 1. The van der Waals surface area contributed by atoms with Gasteiger partial charge in [-0.15, -0.1) is 0 Å². The maximum absolute atomic E-state index is 12.6. The molecule has 0 atom stereocenters. The van der Waals surface area contributed by atoms with Crippen molar-refractivity contribution in [3.63, 3.8) is 0 Å². The van der Waals surface area contributed by atoms with Gasteiger partial charge in [0.15, 0.2) is 0 Å². The van der Waals surface area contributed by atoms with Crippen molar-refractivity contribution in [2.75, 3.05) is 31.1 Å². The molecule has 1 N–H and O–H groups in total. The van der Waals surface area contributed by atoms with Crippen LogP contribution in [0.1, 0.15) is 47.2 Å². The second kappa shape index (κ2) is 7.71. The van der Waals surface area contributed by atoms with Crippen molar-refractivity contribution in [3.05, 3.63) is 52.2 Å². The van der Waals surface area contributed by atoms with Gasteiger partial charge in [0.05, 0.1) is 16.1 Å². The number of carbonyl (C=O) groups is 2. The fourth-order valence-electron chi connectivity index (χ4n) is 4.87. The molecule has 162 valence electrons. The topological polar surface area (TPSA) is 74.8 Å². The number of nitrogens with one attached hydrogen (secondary N) is 1. The third-order valence-electron chi connectivity index (χ3n) is 6.57. The van der Waals surface area contributed by atoms with Crippen LogP contribution < -0.4 is 15.0 Å². The quantitative estimate of drug-likeness (QED) is 0.767. The van der Waals surface area contributed by atoms with Crippen LogP contribution in [0.25, 0.3) is 0 Å². The van der Waals surface area contributed by atoms with Gasteiger partial charge in [0.1, 0.15) is 11.6 Å². The van der Waals surface area contributed by atoms with Crippen LogP contribution in [0.4, 0.5) is 10.6 Å². The minimum atomic E-state index is -0.453. The van der Waals surface area contributed by atoms with Crippen molar-refractivity contribution in [3.8, 4) is 5.75 Å². The molecule has 0 unspecified atom stereocenters. The number of anilines is 1. The van der Waals surface area contributed by atoms with Crippen molar-refractivity contribution in [2.24, 2.45) is 0 Å². The molecule has 2 amide bonds. The lowest BCUT2D eigenvalue weighted by atomic mass is 9.79. The zero-order chi connectivity index (χ0) is 21.6. The van der Waals surface area contributed by atoms with Gasteiger partial charge in [-0.2, -0.15) is 0 Å². The number of piperidine rings is 1. The van der Waals surface area contributed by atoms with Crippen molar-refractivity contribution >= 4 is 29.4 Å². The van der Waals surface area contributed by atoms with Gasteiger partial charge in [-0.1, -0.05) is 23.2 Å². The fourth-order valence-corrected chi connectivity index (χ4v) is 5.16. The minimum Gasteiger partial charge on any atom is -0.410 e. The molecule has 0 bridgehead atoms. The van der Waals surface area contributed by atoms with Crippen LogP contribution in [0.5, 0.6) is 5.75 Å². The lowest BCUT2D eigenvalue weighted by Gasteiger charge is -2.45. The summed E-state index contributed by atoms with van der Waals surface area (Å²) in [4.78, 5) is 33.3. The van der Waals surface area contributed by atoms with Crippen molar-refractivity contribution in [1.29, 1.82) is 0 Å². The molecule has 2 fully saturated rings. The van der Waals surface area contributed by atoms with E-state index in [1.165, 1.54) is 0 Å². The molecule has 7 nitrogen and oxygen atoms in total. The van der Waals surface area contributed by atoms with Crippen LogP contribution in [-0.4, -0.2) is 48.1 Å². The van der Waals surface area contributed by atoms with E-state index in [1.807, 2.05) is 24.0 Å². The predicted molar refractivity (Wildman–Crippen MR) is 118 cm³/mol. The summed E-state index contributed by atoms with van der Waals surface area (Å²) in [6.45, 7) is 4.99. The maximum atomic E-state index is 12.6. The molecule has 4 heterocycles. The molecule has 3 aliphatic heterocycles. The van der Waals surface area contributed by atoms with Crippen molar-refractivity contribution < 1.29 is 14.3 Å². The summed E-state index contributed by atoms with van der Waals surface area (Å²) in [7, 11) is 0. The monoisotopic (exact) mass is 440 g/mol. The van der Waals surface area contributed by atoms with E-state index in [2.05, 4.69) is 21.3 Å². The Morgan fingerprint density at radius 2 is 1.90 bits per heavy atom. The number of rotatable bonds is 2. The summed E-state index contributed by atoms with van der Waals surface area (Å²) in [5.74, 6) is 1.30. The van der Waals surface area contributed by atoms with E-state index < -0.39 is 11.6 Å². The van der Waals surface area contributed by atoms with Gasteiger partial charge in [0.2, 0.25) is 0 Å². The molecule has 3 aliphatic rings. The second-order valence-corrected chi connectivity index (χ2v) is 9.02. The number of aromatic nitrogens is 1. The molecule has 0 saturated carbocycles. The maximum Gasteiger partial charge on any atom is 0.413 e. The molecule has 31 heavy (non-hydrogen) atoms. The first-order valence-electron chi connectivity index (χ1n) is 10.8. The standard InChI is InChI=1S/C23H25ClN4O3/c1-15-4-5-19-17(12-15)23(26-22(30)31-19)6-10-27(11-7-23)20-18(24)13-16(14-25-20)21(29)28-8-2-3-9-28/h4-5,12-14H,2-3,6-11H2,1H3,(H,26,30). The van der Waals surface area contributed by atoms with E-state index in [1.54, 1.807) is 12.3 Å². The number of amides is 2. The number of halogens is 1. The van der Waals surface area contributed by atoms with Gasteiger partial charge in [0, 0.05) is 37.9 Å². The van der Waals surface area contributed by atoms with Crippen LogP contribution in [0.15, 0.2) is 30.5 Å². The second-order valence-electron chi connectivity index (χ2n) is 8.61. The Bertz CT molecular complexity index is 1040. The highest BCUT2D eigenvalue weighted by Gasteiger charge is 2.43. The smallest absolute Gasteiger partial charge is 0.410 e. The Kier molecular flexibility index (Phi) is 5.01. The Balaban J connectivity index is 1.35. The van der Waals surface area contributed by atoms with E-state index in [9.17, 15) is 9.59 Å². The number of hydrogen-bond donors (Lipinski definition) is 1. The number of benzene rings is 1. The van der Waals surface area contributed by atoms with E-state index in [4.69, 9.17) is 16.3 Å². The first kappa shape index (κ1) is 20.1. The average molecular weight is 441 g/mol. The summed E-state index contributed by atoms with van der Waals surface area (Å²) in [5.41, 5.74) is 2.23. The molecular formula is C23H25ClN4O3. The molecule has 2 aromatic rings. The summed E-state index contributed by atoms with van der Waals surface area (Å²) in [6.07, 6.45) is 4.73. The van der Waals surface area contributed by atoms with Crippen LogP contribution in [-0.2, 0) is 5.54 Å². The lowest BCUT2D eigenvalue weighted by molar-refractivity contribution is 0.0792. The Morgan fingerprint density at radius 1 is 1.16 bits per heavy atom. The Labute approximate surface area is 186 Å². The average Bonchev–Trinajstić information content (AvgIpc) is 3.29. The molecule has 1 aromatic carbocycles. The van der Waals surface area contributed by atoms with Gasteiger partial charge < -0.3 is 19.9 Å². The predicted octanol–water partition coefficient (Wildman–Crippen LogP) is 3.88. The van der Waals surface area contributed by atoms with Gasteiger partial charge in [-0.3, -0.25) is 4.79 Å². The van der Waals surface area contributed by atoms with Crippen LogP contribution >= 0.6 is 11.6 Å². The van der Waals surface area contributed by atoms with Crippen molar-refractivity contribution in [1.82, 2.24) is 15.2 Å². The van der Waals surface area contributed by atoms with E-state index in [0.29, 0.717) is 48.1 Å². The van der Waals surface area contributed by atoms with E-state index in [-0.39, 0.29) is 5.91 Å². The molecule has 8 heteroatoms. The highest BCUT2D eigenvalue weighted by atomic mass is 35.5. The van der Waals surface area contributed by atoms with Gasteiger partial charge >= 0.3 is 6.09 Å². The molecule has 2 saturated heterocycles. The van der Waals surface area contributed by atoms with Gasteiger partial charge in [-0.25, -0.2) is 9.78 Å². The summed E-state index contributed by atoms with van der Waals surface area (Å²) >= 11 is 6.55. The van der Waals surface area contributed by atoms with Gasteiger partial charge in [0.25, 0.3) is 5.91 Å². The first-order valence-corrected chi connectivity index (χ1v) is 11.1. The first-order chi connectivity index (χ1) is 14.9. The molecule has 0 radical (unpaired) electrons. The number of fused-ring (bicyclic) bond motifs is 2. The number of carbonyl (C=O) groups excluding carboxylic acids is 2. The summed E-state index contributed by atoms with van der Waals surface area (Å²) < 4.78 is 5.39. The highest BCUT2D eigenvalue weighted by molar-refractivity contribution is 6.33. The Morgan fingerprint density at radius 3 is 2.61 bits per heavy atom. The minimum absolute atomic E-state index is 0.00654. The third kappa shape index (κ3) is 3.61. The number of nitrogens with zero attached hydrogens (tertiary/aromatic N) is 3. The molecule has 0 aliphatic carbocycles. The van der Waals surface area contributed by atoms with Crippen LogP contribution in [0.3, 0.4) is 0 Å². The number of hydrogen-bond acceptors (Lipinski definition) is 5. The normalized spacial score (nSPS) is 19.7. The molecule has 5 rings (SSSR count). The number of ether oxygens (including phenoxy) is 1. The Hall–Kier alpha value is -2.80. The van der Waals surface area contributed by atoms with E-state index in [0.717, 1.165) is 37.1 Å². The SMILES string of the molecule is Cc1ccc2c(c1)C1(CCN(c3ncc(C(=O)N4CCCC4)cc3Cl)CC1)NC(=O)O2. The third-order valence-corrected chi connectivity index (χ3v) is 6.85. The van der Waals surface area contributed by atoms with Gasteiger partial charge in [-0.05, 0) is 50.8 Å². The lowest BCUT2D eigenvalue weighted by Crippen LogP contribution is -2.56. The summed E-state index contributed by atoms with van der Waals surface area (Å²) in [5, 5.41) is 3.55. The van der Waals surface area contributed by atoms with Crippen molar-refractivity contribution in [2.45, 2.75) is 38.1 Å². The van der Waals surface area contributed by atoms with E-state index >= 15 is 0 Å². The largest absolute Gasteiger partial charge is 0.413 e. The number of likely N-dealkylation sites (tertiary alicyclic amines) is 1. The highest BCUT2D eigenvalue weighted by Crippen LogP contribution is 2.42. The van der Waals surface area contributed by atoms with Crippen LogP contribution in [0.2, 0.25) is 5.02 Å². The number of aryl methyl sites for hydroxylation is 1. The molecule has 1 aromatic heterocycles. The zero-order valence-corrected chi connectivity index (χ0v) is 18.2. The summed E-state index contributed by atoms with van der Waals surface area (Å²) in [6, 6.07) is 7.64.